The second-order valence-electron chi connectivity index (χ2n) is 6.34. The fourth-order valence-electron chi connectivity index (χ4n) is 2.72. The molecule has 1 heterocycles. The number of para-hydroxylation sites is 1. The SMILES string of the molecule is COc1ccc(C(=O)OCC(=O)N(C)[C@@H](C)c2nc3ccccc3s2)c(OC)c1. The van der Waals surface area contributed by atoms with Gasteiger partial charge in [0.15, 0.2) is 6.61 Å². The number of esters is 1. The summed E-state index contributed by atoms with van der Waals surface area (Å²) in [5.74, 6) is -0.0895. The Hall–Kier alpha value is -3.13. The highest BCUT2D eigenvalue weighted by Crippen LogP contribution is 2.29. The summed E-state index contributed by atoms with van der Waals surface area (Å²) >= 11 is 1.54. The zero-order valence-electron chi connectivity index (χ0n) is 16.7. The predicted molar refractivity (Wildman–Crippen MR) is 111 cm³/mol. The van der Waals surface area contributed by atoms with E-state index in [4.69, 9.17) is 14.2 Å². The molecule has 8 heteroatoms. The van der Waals surface area contributed by atoms with Crippen LogP contribution in [0.2, 0.25) is 0 Å². The van der Waals surface area contributed by atoms with Gasteiger partial charge in [0.1, 0.15) is 22.1 Å². The third-order valence-electron chi connectivity index (χ3n) is 4.60. The fourth-order valence-corrected chi connectivity index (χ4v) is 3.79. The fraction of sp³-hybridized carbons (Fsp3) is 0.286. The van der Waals surface area contributed by atoms with Gasteiger partial charge in [0.25, 0.3) is 5.91 Å². The van der Waals surface area contributed by atoms with Crippen LogP contribution in [0.1, 0.15) is 28.3 Å². The van der Waals surface area contributed by atoms with Crippen molar-refractivity contribution in [2.45, 2.75) is 13.0 Å². The number of amides is 1. The largest absolute Gasteiger partial charge is 0.497 e. The summed E-state index contributed by atoms with van der Waals surface area (Å²) in [5.41, 5.74) is 1.13. The van der Waals surface area contributed by atoms with Crippen LogP contribution in [0, 0.1) is 0 Å². The van der Waals surface area contributed by atoms with E-state index in [1.54, 1.807) is 19.2 Å². The lowest BCUT2D eigenvalue weighted by Crippen LogP contribution is -2.33. The zero-order valence-corrected chi connectivity index (χ0v) is 17.5. The van der Waals surface area contributed by atoms with Gasteiger partial charge < -0.3 is 19.1 Å². The number of hydrogen-bond donors (Lipinski definition) is 0. The molecule has 2 aromatic carbocycles. The zero-order chi connectivity index (χ0) is 21.0. The second-order valence-corrected chi connectivity index (χ2v) is 7.41. The lowest BCUT2D eigenvalue weighted by molar-refractivity contribution is -0.135. The van der Waals surface area contributed by atoms with Gasteiger partial charge in [-0.05, 0) is 31.2 Å². The van der Waals surface area contributed by atoms with Gasteiger partial charge in [0, 0.05) is 13.1 Å². The Balaban J connectivity index is 1.64. The first kappa shape index (κ1) is 20.6. The maximum Gasteiger partial charge on any atom is 0.342 e. The van der Waals surface area contributed by atoms with Crippen LogP contribution < -0.4 is 9.47 Å². The highest BCUT2D eigenvalue weighted by Gasteiger charge is 2.23. The molecule has 0 unspecified atom stereocenters. The van der Waals surface area contributed by atoms with E-state index in [1.165, 1.54) is 36.5 Å². The molecule has 0 saturated heterocycles. The summed E-state index contributed by atoms with van der Waals surface area (Å²) in [4.78, 5) is 31.0. The van der Waals surface area contributed by atoms with Crippen molar-refractivity contribution in [3.63, 3.8) is 0 Å². The number of hydrogen-bond acceptors (Lipinski definition) is 7. The lowest BCUT2D eigenvalue weighted by atomic mass is 10.2. The van der Waals surface area contributed by atoms with Crippen molar-refractivity contribution in [3.05, 3.63) is 53.0 Å². The Morgan fingerprint density at radius 1 is 1.14 bits per heavy atom. The molecule has 29 heavy (non-hydrogen) atoms. The number of carbonyl (C=O) groups excluding carboxylic acids is 2. The molecule has 1 amide bonds. The van der Waals surface area contributed by atoms with E-state index in [1.807, 2.05) is 31.2 Å². The highest BCUT2D eigenvalue weighted by atomic mass is 32.1. The number of benzene rings is 2. The average Bonchev–Trinajstić information content (AvgIpc) is 3.19. The number of aromatic nitrogens is 1. The highest BCUT2D eigenvalue weighted by molar-refractivity contribution is 7.18. The molecule has 1 atom stereocenters. The third-order valence-corrected chi connectivity index (χ3v) is 5.80. The van der Waals surface area contributed by atoms with Crippen LogP contribution in [0.15, 0.2) is 42.5 Å². The van der Waals surface area contributed by atoms with Gasteiger partial charge in [-0.1, -0.05) is 12.1 Å². The van der Waals surface area contributed by atoms with Crippen molar-refractivity contribution in [2.75, 3.05) is 27.9 Å². The van der Waals surface area contributed by atoms with Crippen molar-refractivity contribution in [3.8, 4) is 11.5 Å². The van der Waals surface area contributed by atoms with Crippen LogP contribution in [-0.2, 0) is 9.53 Å². The van der Waals surface area contributed by atoms with E-state index in [2.05, 4.69) is 4.98 Å². The monoisotopic (exact) mass is 414 g/mol. The Kier molecular flexibility index (Phi) is 6.33. The molecule has 0 N–H and O–H groups in total. The van der Waals surface area contributed by atoms with Crippen LogP contribution in [0.5, 0.6) is 11.5 Å². The number of likely N-dealkylation sites (N-methyl/N-ethyl adjacent to an activating group) is 1. The van der Waals surface area contributed by atoms with E-state index in [-0.39, 0.29) is 24.1 Å². The second kappa shape index (κ2) is 8.91. The molecule has 0 spiro atoms. The van der Waals surface area contributed by atoms with Crippen LogP contribution in [0.4, 0.5) is 0 Å². The number of fused-ring (bicyclic) bond motifs is 1. The van der Waals surface area contributed by atoms with Crippen LogP contribution in [0.3, 0.4) is 0 Å². The van der Waals surface area contributed by atoms with Crippen LogP contribution in [-0.4, -0.2) is 49.6 Å². The normalized spacial score (nSPS) is 11.7. The Morgan fingerprint density at radius 2 is 1.90 bits per heavy atom. The molecule has 0 bridgehead atoms. The van der Waals surface area contributed by atoms with Gasteiger partial charge in [0.2, 0.25) is 0 Å². The molecular formula is C21H22N2O5S. The molecule has 0 aliphatic rings. The molecule has 0 fully saturated rings. The average molecular weight is 414 g/mol. The van der Waals surface area contributed by atoms with Crippen LogP contribution >= 0.6 is 11.3 Å². The molecule has 0 aliphatic carbocycles. The van der Waals surface area contributed by atoms with E-state index in [0.29, 0.717) is 11.5 Å². The lowest BCUT2D eigenvalue weighted by Gasteiger charge is -2.23. The van der Waals surface area contributed by atoms with Gasteiger partial charge in [-0.15, -0.1) is 11.3 Å². The summed E-state index contributed by atoms with van der Waals surface area (Å²) in [6.07, 6.45) is 0. The summed E-state index contributed by atoms with van der Waals surface area (Å²) in [7, 11) is 4.64. The van der Waals surface area contributed by atoms with Gasteiger partial charge in [-0.3, -0.25) is 4.79 Å². The molecule has 0 saturated carbocycles. The predicted octanol–water partition coefficient (Wildman–Crippen LogP) is 3.69. The third kappa shape index (κ3) is 4.48. The van der Waals surface area contributed by atoms with Crippen molar-refractivity contribution >= 4 is 33.4 Å². The van der Waals surface area contributed by atoms with E-state index in [0.717, 1.165) is 15.2 Å². The number of nitrogens with zero attached hydrogens (tertiary/aromatic N) is 2. The molecule has 7 nitrogen and oxygen atoms in total. The van der Waals surface area contributed by atoms with Crippen molar-refractivity contribution in [2.24, 2.45) is 0 Å². The summed E-state index contributed by atoms with van der Waals surface area (Å²) in [5, 5.41) is 0.824. The van der Waals surface area contributed by atoms with Crippen LogP contribution in [0.25, 0.3) is 10.2 Å². The minimum atomic E-state index is -0.640. The number of thiazole rings is 1. The molecule has 0 aliphatic heterocycles. The quantitative estimate of drug-likeness (QED) is 0.549. The molecule has 0 radical (unpaired) electrons. The maximum absolute atomic E-state index is 12.5. The molecular weight excluding hydrogens is 392 g/mol. The summed E-state index contributed by atoms with van der Waals surface area (Å²) in [6.45, 7) is 1.52. The number of methoxy groups -OCH3 is 2. The van der Waals surface area contributed by atoms with Crippen molar-refractivity contribution < 1.29 is 23.8 Å². The Morgan fingerprint density at radius 3 is 2.59 bits per heavy atom. The van der Waals surface area contributed by atoms with Gasteiger partial charge in [-0.2, -0.15) is 0 Å². The Labute approximate surface area is 172 Å². The first-order valence-electron chi connectivity index (χ1n) is 8.95. The number of ether oxygens (including phenoxy) is 3. The van der Waals surface area contributed by atoms with Crippen molar-refractivity contribution in [1.29, 1.82) is 0 Å². The van der Waals surface area contributed by atoms with E-state index >= 15 is 0 Å². The maximum atomic E-state index is 12.5. The standard InChI is InChI=1S/C21H22N2O5S/c1-13(20-22-16-7-5-6-8-18(16)29-20)23(2)19(24)12-28-21(25)15-10-9-14(26-3)11-17(15)27-4/h5-11,13H,12H2,1-4H3/t13-/m0/s1. The van der Waals surface area contributed by atoms with Gasteiger partial charge in [0.05, 0.1) is 30.5 Å². The van der Waals surface area contributed by atoms with E-state index in [9.17, 15) is 9.59 Å². The Bertz CT molecular complexity index is 1000. The summed E-state index contributed by atoms with van der Waals surface area (Å²) < 4.78 is 16.6. The van der Waals surface area contributed by atoms with E-state index < -0.39 is 5.97 Å². The minimum absolute atomic E-state index is 0.225. The first-order chi connectivity index (χ1) is 13.9. The topological polar surface area (TPSA) is 78.0 Å². The van der Waals surface area contributed by atoms with Gasteiger partial charge >= 0.3 is 5.97 Å². The first-order valence-corrected chi connectivity index (χ1v) is 9.76. The molecule has 3 aromatic rings. The summed E-state index contributed by atoms with van der Waals surface area (Å²) in [6, 6.07) is 12.3. The number of carbonyl (C=O) groups is 2. The minimum Gasteiger partial charge on any atom is -0.497 e. The molecule has 152 valence electrons. The van der Waals surface area contributed by atoms with Crippen molar-refractivity contribution in [1.82, 2.24) is 9.88 Å². The molecule has 1 aromatic heterocycles. The smallest absolute Gasteiger partial charge is 0.342 e. The molecule has 3 rings (SSSR count). The van der Waals surface area contributed by atoms with Gasteiger partial charge in [-0.25, -0.2) is 9.78 Å². The number of rotatable bonds is 7.